The van der Waals surface area contributed by atoms with Crippen LogP contribution in [0.4, 0.5) is 17.1 Å². The van der Waals surface area contributed by atoms with Crippen LogP contribution in [-0.4, -0.2) is 42.1 Å². The Bertz CT molecular complexity index is 4910. The van der Waals surface area contributed by atoms with Crippen molar-refractivity contribution >= 4 is 42.6 Å². The molecule has 95 heavy (non-hydrogen) atoms. The minimum absolute atomic E-state index is 0.00986. The highest BCUT2D eigenvalue weighted by Gasteiger charge is 2.55. The van der Waals surface area contributed by atoms with Crippen LogP contribution < -0.4 is 15.8 Å². The molecule has 5 nitrogen and oxygen atoms in total. The molecule has 0 bridgehead atoms. The van der Waals surface area contributed by atoms with Crippen molar-refractivity contribution < 1.29 is 19.1 Å². The van der Waals surface area contributed by atoms with Crippen molar-refractivity contribution in [1.29, 1.82) is 0 Å². The van der Waals surface area contributed by atoms with Gasteiger partial charge in [0.25, 0.3) is 0 Å². The first-order valence-corrected chi connectivity index (χ1v) is 33.6. The van der Waals surface area contributed by atoms with Gasteiger partial charge in [-0.2, -0.15) is 0 Å². The lowest BCUT2D eigenvalue weighted by Crippen LogP contribution is -2.49. The van der Waals surface area contributed by atoms with Gasteiger partial charge in [-0.05, 0) is 209 Å². The molecule has 2 spiro atoms. The van der Waals surface area contributed by atoms with Gasteiger partial charge in [-0.15, -0.1) is 0 Å². The van der Waals surface area contributed by atoms with Gasteiger partial charge in [0.1, 0.15) is 0 Å². The van der Waals surface area contributed by atoms with Crippen LogP contribution in [0.1, 0.15) is 123 Å². The quantitative estimate of drug-likeness (QED) is 0.117. The maximum Gasteiger partial charge on any atom is 0.494 e. The predicted octanol–water partition coefficient (Wildman–Crippen LogP) is 19.0. The topological polar surface area (TPSA) is 51.2 Å². The van der Waals surface area contributed by atoms with Crippen LogP contribution >= 0.6 is 0 Å². The van der Waals surface area contributed by atoms with Gasteiger partial charge in [-0.3, -0.25) is 0 Å². The molecule has 1 atom stereocenters. The van der Waals surface area contributed by atoms with Crippen molar-refractivity contribution in [3.8, 4) is 55.6 Å². The van der Waals surface area contributed by atoms with Crippen molar-refractivity contribution in [1.82, 2.24) is 0 Å². The Hall–Kier alpha value is -9.59. The Kier molecular flexibility index (Phi) is 13.5. The van der Waals surface area contributed by atoms with E-state index in [4.69, 9.17) is 14.0 Å². The first-order chi connectivity index (χ1) is 46.0. The van der Waals surface area contributed by atoms with E-state index < -0.39 is 40.4 Å². The summed E-state index contributed by atoms with van der Waals surface area (Å²) in [7, 11) is 1.30. The molecular formula is C88H74B2NO4. The van der Waals surface area contributed by atoms with Crippen LogP contribution in [0.2, 0.25) is 0 Å². The van der Waals surface area contributed by atoms with Crippen LogP contribution in [-0.2, 0) is 31.2 Å². The van der Waals surface area contributed by atoms with E-state index in [1.54, 1.807) is 21.3 Å². The summed E-state index contributed by atoms with van der Waals surface area (Å²) in [5.41, 5.74) is 28.3. The fraction of sp³-hybridized carbons (Fsp3) is 0.182. The molecule has 1 fully saturated rings. The van der Waals surface area contributed by atoms with Crippen LogP contribution in [0.15, 0.2) is 279 Å². The number of aliphatic hydroxyl groups is 1. The maximum absolute atomic E-state index is 11.0. The molecular weight excluding hydrogens is 1160 g/mol. The Balaban J connectivity index is 0.750. The van der Waals surface area contributed by atoms with Gasteiger partial charge in [-0.1, -0.05) is 254 Å². The second-order valence-corrected chi connectivity index (χ2v) is 28.7. The summed E-state index contributed by atoms with van der Waals surface area (Å²) in [5, 5.41) is 11.0. The molecule has 1 unspecified atom stereocenters. The number of benzene rings is 12. The molecule has 12 aromatic rings. The molecule has 1 saturated heterocycles. The van der Waals surface area contributed by atoms with Crippen molar-refractivity contribution in [3.05, 3.63) is 340 Å². The van der Waals surface area contributed by atoms with Gasteiger partial charge >= 0.3 is 14.6 Å². The predicted molar refractivity (Wildman–Crippen MR) is 390 cm³/mol. The summed E-state index contributed by atoms with van der Waals surface area (Å²) in [6.07, 6.45) is 0.772. The van der Waals surface area contributed by atoms with E-state index in [2.05, 4.69) is 312 Å². The Morgan fingerprint density at radius 2 is 0.811 bits per heavy atom. The highest BCUT2D eigenvalue weighted by atomic mass is 16.7. The van der Waals surface area contributed by atoms with Gasteiger partial charge < -0.3 is 24.0 Å². The summed E-state index contributed by atoms with van der Waals surface area (Å²) in [6.45, 7) is 15.9. The average molecular weight is 1230 g/mol. The lowest BCUT2D eigenvalue weighted by molar-refractivity contribution is -0.0893. The van der Waals surface area contributed by atoms with Crippen LogP contribution in [0.3, 0.4) is 0 Å². The van der Waals surface area contributed by atoms with E-state index in [1.165, 1.54) is 106 Å². The summed E-state index contributed by atoms with van der Waals surface area (Å²) in [5.74, 6) is -0.00986. The molecule has 1 aliphatic heterocycles. The van der Waals surface area contributed by atoms with Crippen LogP contribution in [0.5, 0.6) is 0 Å². The SMILES string of the molecule is CC(C)(O)C(C)(C)O[B]c1ccc(C(Cc2ccc(-c3ccc(N(c4ccc(B5OC(C)(C)C(C)(C)O5)cc4)c4cccc5c4-c4ccccc4C54c5ccccc5-c5ccccc54)cc3)cc2)c2cccc3c2-c2ccccc2C32c3ccccc3-c3ccccc32)cc1. The molecule has 1 heterocycles. The first-order valence-electron chi connectivity index (χ1n) is 33.6. The molecule has 0 amide bonds. The molecule has 12 aromatic carbocycles. The average Bonchev–Trinajstić information content (AvgIpc) is 1.52. The van der Waals surface area contributed by atoms with E-state index in [0.29, 0.717) is 0 Å². The number of nitrogens with zero attached hydrogens (tertiary/aromatic N) is 1. The fourth-order valence-corrected chi connectivity index (χ4v) is 16.4. The van der Waals surface area contributed by atoms with Gasteiger partial charge in [0.05, 0.1) is 38.9 Å². The van der Waals surface area contributed by atoms with Crippen molar-refractivity contribution in [2.75, 3.05) is 4.90 Å². The summed E-state index contributed by atoms with van der Waals surface area (Å²) < 4.78 is 19.5. The van der Waals surface area contributed by atoms with Crippen LogP contribution in [0.25, 0.3) is 55.6 Å². The van der Waals surface area contributed by atoms with E-state index in [9.17, 15) is 5.11 Å². The van der Waals surface area contributed by atoms with Crippen molar-refractivity contribution in [2.45, 2.75) is 101 Å². The van der Waals surface area contributed by atoms with Gasteiger partial charge in [0.2, 0.25) is 0 Å². The third kappa shape index (κ3) is 8.86. The molecule has 1 N–H and O–H groups in total. The van der Waals surface area contributed by atoms with Crippen molar-refractivity contribution in [2.24, 2.45) is 0 Å². The van der Waals surface area contributed by atoms with E-state index in [1.807, 2.05) is 13.8 Å². The molecule has 461 valence electrons. The van der Waals surface area contributed by atoms with Crippen LogP contribution in [0, 0.1) is 0 Å². The van der Waals surface area contributed by atoms with E-state index in [0.717, 1.165) is 45.5 Å². The summed E-state index contributed by atoms with van der Waals surface area (Å²) >= 11 is 0. The molecule has 0 aromatic heterocycles. The third-order valence-electron chi connectivity index (χ3n) is 22.5. The Morgan fingerprint density at radius 1 is 0.421 bits per heavy atom. The second-order valence-electron chi connectivity index (χ2n) is 28.7. The van der Waals surface area contributed by atoms with Crippen molar-refractivity contribution in [3.63, 3.8) is 0 Å². The highest BCUT2D eigenvalue weighted by molar-refractivity contribution is 6.62. The zero-order valence-corrected chi connectivity index (χ0v) is 55.1. The molecule has 5 aliphatic rings. The first kappa shape index (κ1) is 59.2. The number of fused-ring (bicyclic) bond motifs is 20. The number of rotatable bonds is 13. The monoisotopic (exact) mass is 1230 g/mol. The molecule has 1 radical (unpaired) electrons. The maximum atomic E-state index is 11.0. The minimum Gasteiger partial charge on any atom is -0.427 e. The smallest absolute Gasteiger partial charge is 0.427 e. The lowest BCUT2D eigenvalue weighted by atomic mass is 9.70. The highest BCUT2D eigenvalue weighted by Crippen LogP contribution is 2.66. The number of hydrogen-bond donors (Lipinski definition) is 1. The standard InChI is InChI=1S/C88H74B2NO4/c1-83(2,92)84(3,4)93-89-60-47-43-59(44-48-60)71(68-29-21-36-78-81(68)69-27-13-19-34-76(69)87(78)72-30-15-9-23-64(72)65-24-10-16-31-73(65)87)55-56-39-41-57(42-40-56)58-45-51-62(52-46-58)91(63-53-49-61(50-54-63)90-94-85(5,6)86(7,8)95-90)80-38-22-37-79-82(80)70-28-14-20-35-77(70)88(79)74-32-17-11-25-66(74)67-26-12-18-33-75(67)88/h9-54,71,92H,55H2,1-8H3. The van der Waals surface area contributed by atoms with Gasteiger partial charge in [0, 0.05) is 22.9 Å². The third-order valence-corrected chi connectivity index (χ3v) is 22.5. The summed E-state index contributed by atoms with van der Waals surface area (Å²) in [4.78, 5) is 2.45. The normalized spacial score (nSPS) is 16.1. The molecule has 17 rings (SSSR count). The largest absolute Gasteiger partial charge is 0.494 e. The zero-order chi connectivity index (χ0) is 64.8. The fourth-order valence-electron chi connectivity index (χ4n) is 16.4. The molecule has 4 aliphatic carbocycles. The number of anilines is 3. The molecule has 0 saturated carbocycles. The Labute approximate surface area is 560 Å². The zero-order valence-electron chi connectivity index (χ0n) is 55.1. The minimum atomic E-state index is -1.04. The van der Waals surface area contributed by atoms with E-state index in [-0.39, 0.29) is 5.92 Å². The van der Waals surface area contributed by atoms with E-state index >= 15 is 0 Å². The second kappa shape index (κ2) is 21.7. The van der Waals surface area contributed by atoms with Gasteiger partial charge in [-0.25, -0.2) is 0 Å². The molecule has 7 heteroatoms. The summed E-state index contributed by atoms with van der Waals surface area (Å²) in [6, 6.07) is 104. The lowest BCUT2D eigenvalue weighted by Gasteiger charge is -2.37. The number of hydrogen-bond acceptors (Lipinski definition) is 5. The van der Waals surface area contributed by atoms with Gasteiger partial charge in [0.15, 0.2) is 0 Å². The Morgan fingerprint density at radius 3 is 1.28 bits per heavy atom.